The molecule has 0 unspecified atom stereocenters. The molecule has 15 heavy (non-hydrogen) atoms. The number of rotatable bonds is 6. The van der Waals surface area contributed by atoms with E-state index in [4.69, 9.17) is 10.5 Å². The summed E-state index contributed by atoms with van der Waals surface area (Å²) in [6.45, 7) is 3.88. The lowest BCUT2D eigenvalue weighted by molar-refractivity contribution is 0.194. The summed E-state index contributed by atoms with van der Waals surface area (Å²) in [6.07, 6.45) is 2.22. The predicted octanol–water partition coefficient (Wildman–Crippen LogP) is 2.42. The first-order chi connectivity index (χ1) is 7.24. The minimum atomic E-state index is 0.817. The van der Waals surface area contributed by atoms with Gasteiger partial charge in [-0.15, -0.1) is 0 Å². The second kappa shape index (κ2) is 6.30. The third-order valence-electron chi connectivity index (χ3n) is 2.34. The van der Waals surface area contributed by atoms with Crippen LogP contribution in [0.4, 0.5) is 11.4 Å². The van der Waals surface area contributed by atoms with Gasteiger partial charge < -0.3 is 15.8 Å². The lowest BCUT2D eigenvalue weighted by Crippen LogP contribution is -2.04. The molecule has 3 N–H and O–H groups in total. The van der Waals surface area contributed by atoms with E-state index in [1.165, 1.54) is 11.3 Å². The van der Waals surface area contributed by atoms with Gasteiger partial charge in [0.1, 0.15) is 0 Å². The Kier molecular flexibility index (Phi) is 4.98. The van der Waals surface area contributed by atoms with Gasteiger partial charge in [-0.2, -0.15) is 0 Å². The van der Waals surface area contributed by atoms with Crippen LogP contribution in [0, 0.1) is 6.92 Å². The highest BCUT2D eigenvalue weighted by atomic mass is 16.5. The zero-order chi connectivity index (χ0) is 11.1. The molecule has 0 saturated carbocycles. The van der Waals surface area contributed by atoms with Crippen LogP contribution in [0.1, 0.15) is 18.4 Å². The van der Waals surface area contributed by atoms with Gasteiger partial charge in [0.15, 0.2) is 0 Å². The lowest BCUT2D eigenvalue weighted by atomic mass is 10.2. The van der Waals surface area contributed by atoms with Crippen molar-refractivity contribution < 1.29 is 4.74 Å². The maximum Gasteiger partial charge on any atom is 0.0462 e. The number of aryl methyl sites for hydroxylation is 1. The second-order valence-corrected chi connectivity index (χ2v) is 3.70. The number of nitrogens with one attached hydrogen (secondary N) is 1. The Morgan fingerprint density at radius 1 is 1.33 bits per heavy atom. The van der Waals surface area contributed by atoms with Crippen molar-refractivity contribution in [1.82, 2.24) is 0 Å². The summed E-state index contributed by atoms with van der Waals surface area (Å²) >= 11 is 0. The van der Waals surface area contributed by atoms with Gasteiger partial charge in [0, 0.05) is 31.6 Å². The number of anilines is 2. The molecule has 1 rings (SSSR count). The molecule has 1 aromatic carbocycles. The van der Waals surface area contributed by atoms with Crippen LogP contribution in [0.2, 0.25) is 0 Å². The first-order valence-electron chi connectivity index (χ1n) is 5.33. The fourth-order valence-corrected chi connectivity index (χ4v) is 1.48. The van der Waals surface area contributed by atoms with Crippen molar-refractivity contribution in [2.75, 3.05) is 31.3 Å². The van der Waals surface area contributed by atoms with Crippen molar-refractivity contribution in [3.63, 3.8) is 0 Å². The molecule has 0 aliphatic rings. The highest BCUT2D eigenvalue weighted by Gasteiger charge is 1.97. The fourth-order valence-electron chi connectivity index (χ4n) is 1.48. The molecule has 0 spiro atoms. The van der Waals surface area contributed by atoms with E-state index in [2.05, 4.69) is 12.2 Å². The highest BCUT2D eigenvalue weighted by molar-refractivity contribution is 5.57. The minimum absolute atomic E-state index is 0.817. The summed E-state index contributed by atoms with van der Waals surface area (Å²) in [4.78, 5) is 0. The van der Waals surface area contributed by atoms with Crippen LogP contribution in [0.15, 0.2) is 18.2 Å². The number of unbranched alkanes of at least 4 members (excludes halogenated alkanes) is 1. The molecule has 0 amide bonds. The Morgan fingerprint density at radius 2 is 2.13 bits per heavy atom. The molecule has 3 heteroatoms. The van der Waals surface area contributed by atoms with Gasteiger partial charge in [0.05, 0.1) is 0 Å². The summed E-state index contributed by atoms with van der Waals surface area (Å²) in [7, 11) is 1.73. The van der Waals surface area contributed by atoms with Gasteiger partial charge in [-0.25, -0.2) is 0 Å². The number of hydrogen-bond acceptors (Lipinski definition) is 3. The fraction of sp³-hybridized carbons (Fsp3) is 0.500. The molecule has 0 aliphatic heterocycles. The summed E-state index contributed by atoms with van der Waals surface area (Å²) in [5.74, 6) is 0. The van der Waals surface area contributed by atoms with E-state index in [-0.39, 0.29) is 0 Å². The quantitative estimate of drug-likeness (QED) is 0.557. The largest absolute Gasteiger partial charge is 0.399 e. The Bertz CT molecular complexity index is 300. The molecule has 0 fully saturated rings. The van der Waals surface area contributed by atoms with E-state index in [0.29, 0.717) is 0 Å². The number of benzene rings is 1. The number of nitrogens with two attached hydrogens (primary N) is 1. The van der Waals surface area contributed by atoms with Gasteiger partial charge in [0.2, 0.25) is 0 Å². The monoisotopic (exact) mass is 208 g/mol. The van der Waals surface area contributed by atoms with E-state index in [0.717, 1.165) is 31.7 Å². The van der Waals surface area contributed by atoms with E-state index in [9.17, 15) is 0 Å². The maximum absolute atomic E-state index is 5.68. The van der Waals surface area contributed by atoms with Gasteiger partial charge in [-0.05, 0) is 43.5 Å². The smallest absolute Gasteiger partial charge is 0.0462 e. The third-order valence-corrected chi connectivity index (χ3v) is 2.34. The first-order valence-corrected chi connectivity index (χ1v) is 5.33. The maximum atomic E-state index is 5.68. The van der Waals surface area contributed by atoms with Crippen LogP contribution in [0.5, 0.6) is 0 Å². The molecular formula is C12H20N2O. The molecule has 0 radical (unpaired) electrons. The van der Waals surface area contributed by atoms with Crippen LogP contribution in [0.25, 0.3) is 0 Å². The standard InChI is InChI=1S/C12H20N2O/c1-10-9-11(13)5-6-12(10)14-7-3-4-8-15-2/h5-6,9,14H,3-4,7-8,13H2,1-2H3. The predicted molar refractivity (Wildman–Crippen MR) is 65.2 cm³/mol. The Labute approximate surface area is 91.6 Å². The van der Waals surface area contributed by atoms with Crippen molar-refractivity contribution in [3.8, 4) is 0 Å². The first kappa shape index (κ1) is 11.9. The number of nitrogen functional groups attached to an aromatic ring is 1. The summed E-state index contributed by atoms with van der Waals surface area (Å²) in [5, 5.41) is 3.39. The van der Waals surface area contributed by atoms with Crippen LogP contribution in [-0.4, -0.2) is 20.3 Å². The van der Waals surface area contributed by atoms with Gasteiger partial charge in [-0.1, -0.05) is 0 Å². The summed E-state index contributed by atoms with van der Waals surface area (Å²) in [5.41, 5.74) is 8.86. The number of methoxy groups -OCH3 is 1. The SMILES string of the molecule is COCCCCNc1ccc(N)cc1C. The van der Waals surface area contributed by atoms with Crippen molar-refractivity contribution in [3.05, 3.63) is 23.8 Å². The molecule has 84 valence electrons. The topological polar surface area (TPSA) is 47.3 Å². The molecule has 0 bridgehead atoms. The summed E-state index contributed by atoms with van der Waals surface area (Å²) < 4.78 is 4.99. The van der Waals surface area contributed by atoms with E-state index < -0.39 is 0 Å². The van der Waals surface area contributed by atoms with Crippen LogP contribution < -0.4 is 11.1 Å². The Hall–Kier alpha value is -1.22. The molecule has 0 aliphatic carbocycles. The summed E-state index contributed by atoms with van der Waals surface area (Å²) in [6, 6.07) is 5.93. The number of hydrogen-bond donors (Lipinski definition) is 2. The van der Waals surface area contributed by atoms with Crippen molar-refractivity contribution in [2.45, 2.75) is 19.8 Å². The van der Waals surface area contributed by atoms with Crippen LogP contribution in [0.3, 0.4) is 0 Å². The van der Waals surface area contributed by atoms with Gasteiger partial charge in [0.25, 0.3) is 0 Å². The number of ether oxygens (including phenoxy) is 1. The second-order valence-electron chi connectivity index (χ2n) is 3.70. The normalized spacial score (nSPS) is 10.3. The lowest BCUT2D eigenvalue weighted by Gasteiger charge is -2.09. The molecule has 1 aromatic rings. The zero-order valence-corrected chi connectivity index (χ0v) is 9.55. The average molecular weight is 208 g/mol. The Morgan fingerprint density at radius 3 is 2.80 bits per heavy atom. The van der Waals surface area contributed by atoms with Crippen molar-refractivity contribution >= 4 is 11.4 Å². The molecule has 0 aromatic heterocycles. The molecule has 0 heterocycles. The van der Waals surface area contributed by atoms with Crippen LogP contribution >= 0.6 is 0 Å². The zero-order valence-electron chi connectivity index (χ0n) is 9.55. The molecule has 0 atom stereocenters. The Balaban J connectivity index is 2.31. The molecular weight excluding hydrogens is 188 g/mol. The van der Waals surface area contributed by atoms with Crippen molar-refractivity contribution in [1.29, 1.82) is 0 Å². The van der Waals surface area contributed by atoms with Crippen LogP contribution in [-0.2, 0) is 4.74 Å². The average Bonchev–Trinajstić information content (AvgIpc) is 2.20. The van der Waals surface area contributed by atoms with E-state index in [1.54, 1.807) is 7.11 Å². The van der Waals surface area contributed by atoms with Gasteiger partial charge >= 0.3 is 0 Å². The van der Waals surface area contributed by atoms with E-state index >= 15 is 0 Å². The third kappa shape index (κ3) is 4.21. The molecule has 0 saturated heterocycles. The highest BCUT2D eigenvalue weighted by Crippen LogP contribution is 2.17. The van der Waals surface area contributed by atoms with E-state index in [1.807, 2.05) is 18.2 Å². The molecule has 3 nitrogen and oxygen atoms in total. The van der Waals surface area contributed by atoms with Gasteiger partial charge in [-0.3, -0.25) is 0 Å². The minimum Gasteiger partial charge on any atom is -0.399 e. The van der Waals surface area contributed by atoms with Crippen molar-refractivity contribution in [2.24, 2.45) is 0 Å².